The average Bonchev–Trinajstić information content (AvgIpc) is 3.77. The molecule has 9 heteroatoms. The Balaban J connectivity index is 1.12. The molecule has 0 N–H and O–H groups in total. The minimum Gasteiger partial charge on any atom is -0.491 e. The molecule has 2 aliphatic heterocycles. The smallest absolute Gasteiger partial charge is 0.379 e. The minimum absolute atomic E-state index is 0.126. The molecule has 2 saturated heterocycles. The van der Waals surface area contributed by atoms with E-state index in [0.29, 0.717) is 49.4 Å². The molecule has 0 radical (unpaired) electrons. The van der Waals surface area contributed by atoms with E-state index in [1.807, 2.05) is 0 Å². The highest BCUT2D eigenvalue weighted by atomic mass is 16.6. The van der Waals surface area contributed by atoms with Crippen LogP contribution in [0.5, 0.6) is 23.0 Å². The molecule has 0 saturated carbocycles. The SMILES string of the molecule is O=C(Oc1ccc(OCC2CO2)cc1)c1ccc(C(=O)Oc2ccc(OCC3CO3)cc2)o1. The lowest BCUT2D eigenvalue weighted by Gasteiger charge is -2.06. The van der Waals surface area contributed by atoms with Crippen molar-refractivity contribution < 1.29 is 42.4 Å². The molecule has 0 bridgehead atoms. The van der Waals surface area contributed by atoms with Crippen LogP contribution in [0.15, 0.2) is 65.1 Å². The fourth-order valence-corrected chi connectivity index (χ4v) is 2.79. The Labute approximate surface area is 188 Å². The summed E-state index contributed by atoms with van der Waals surface area (Å²) in [6.45, 7) is 2.40. The topological polar surface area (TPSA) is 109 Å². The number of esters is 2. The number of ether oxygens (including phenoxy) is 6. The Hall–Kier alpha value is -3.82. The van der Waals surface area contributed by atoms with Crippen LogP contribution in [0.1, 0.15) is 21.1 Å². The Morgan fingerprint density at radius 2 is 1.00 bits per heavy atom. The van der Waals surface area contributed by atoms with Crippen molar-refractivity contribution in [1.82, 2.24) is 0 Å². The van der Waals surface area contributed by atoms with Gasteiger partial charge in [-0.25, -0.2) is 9.59 Å². The third-order valence-electron chi connectivity index (χ3n) is 4.75. The molecule has 2 atom stereocenters. The van der Waals surface area contributed by atoms with Crippen LogP contribution < -0.4 is 18.9 Å². The third kappa shape index (κ3) is 5.91. The van der Waals surface area contributed by atoms with Crippen LogP contribution in [0.3, 0.4) is 0 Å². The highest BCUT2D eigenvalue weighted by molar-refractivity contribution is 5.92. The maximum absolute atomic E-state index is 12.3. The minimum atomic E-state index is -0.741. The van der Waals surface area contributed by atoms with Gasteiger partial charge in [-0.05, 0) is 60.7 Å². The van der Waals surface area contributed by atoms with Crippen molar-refractivity contribution in [2.75, 3.05) is 26.4 Å². The lowest BCUT2D eigenvalue weighted by molar-refractivity contribution is 0.0670. The zero-order valence-corrected chi connectivity index (χ0v) is 17.4. The highest BCUT2D eigenvalue weighted by Gasteiger charge is 2.24. The molecule has 2 unspecified atom stereocenters. The van der Waals surface area contributed by atoms with Crippen molar-refractivity contribution in [1.29, 1.82) is 0 Å². The third-order valence-corrected chi connectivity index (χ3v) is 4.75. The van der Waals surface area contributed by atoms with Crippen molar-refractivity contribution in [3.63, 3.8) is 0 Å². The van der Waals surface area contributed by atoms with Crippen molar-refractivity contribution >= 4 is 11.9 Å². The number of benzene rings is 2. The quantitative estimate of drug-likeness (QED) is 0.260. The first-order valence-corrected chi connectivity index (χ1v) is 10.4. The standard InChI is InChI=1S/C24H20O9/c25-23(31-17-5-1-15(2-6-17)27-11-19-13-29-19)21-9-10-22(33-21)24(26)32-18-7-3-16(4-8-18)28-12-20-14-30-20/h1-10,19-20H,11-14H2. The van der Waals surface area contributed by atoms with E-state index in [1.165, 1.54) is 12.1 Å². The maximum Gasteiger partial charge on any atom is 0.379 e. The number of epoxide rings is 2. The number of furan rings is 1. The van der Waals surface area contributed by atoms with E-state index in [9.17, 15) is 9.59 Å². The number of rotatable bonds is 10. The van der Waals surface area contributed by atoms with Gasteiger partial charge in [-0.3, -0.25) is 0 Å². The lowest BCUT2D eigenvalue weighted by atomic mass is 10.3. The molecule has 3 aromatic rings. The first-order valence-electron chi connectivity index (χ1n) is 10.4. The summed E-state index contributed by atoms with van der Waals surface area (Å²) >= 11 is 0. The zero-order valence-electron chi connectivity index (χ0n) is 17.4. The molecule has 5 rings (SSSR count). The molecule has 2 fully saturated rings. The predicted molar refractivity (Wildman–Crippen MR) is 112 cm³/mol. The van der Waals surface area contributed by atoms with E-state index in [4.69, 9.17) is 32.8 Å². The maximum atomic E-state index is 12.3. The summed E-state index contributed by atoms with van der Waals surface area (Å²) in [6.07, 6.45) is 0.311. The van der Waals surface area contributed by atoms with Crippen LogP contribution in [0.25, 0.3) is 0 Å². The van der Waals surface area contributed by atoms with Gasteiger partial charge in [0, 0.05) is 0 Å². The molecule has 3 heterocycles. The number of hydrogen-bond acceptors (Lipinski definition) is 9. The monoisotopic (exact) mass is 452 g/mol. The molecule has 170 valence electrons. The van der Waals surface area contributed by atoms with Gasteiger partial charge in [0.1, 0.15) is 48.4 Å². The molecule has 0 spiro atoms. The fraction of sp³-hybridized carbons (Fsp3) is 0.250. The molecule has 0 amide bonds. The highest BCUT2D eigenvalue weighted by Crippen LogP contribution is 2.23. The second-order valence-electron chi connectivity index (χ2n) is 7.42. The zero-order chi connectivity index (χ0) is 22.6. The Kier molecular flexibility index (Phi) is 5.97. The van der Waals surface area contributed by atoms with Crippen LogP contribution in [0, 0.1) is 0 Å². The first kappa shape index (κ1) is 21.0. The second kappa shape index (κ2) is 9.35. The largest absolute Gasteiger partial charge is 0.491 e. The molecular weight excluding hydrogens is 432 g/mol. The molecule has 33 heavy (non-hydrogen) atoms. The summed E-state index contributed by atoms with van der Waals surface area (Å²) in [6, 6.07) is 15.9. The van der Waals surface area contributed by atoms with Gasteiger partial charge < -0.3 is 32.8 Å². The predicted octanol–water partition coefficient (Wildman–Crippen LogP) is 3.27. The fourth-order valence-electron chi connectivity index (χ4n) is 2.79. The van der Waals surface area contributed by atoms with Crippen molar-refractivity contribution in [3.05, 3.63) is 72.2 Å². The molecule has 2 aromatic carbocycles. The van der Waals surface area contributed by atoms with E-state index in [1.54, 1.807) is 48.5 Å². The van der Waals surface area contributed by atoms with E-state index >= 15 is 0 Å². The average molecular weight is 452 g/mol. The van der Waals surface area contributed by atoms with Crippen LogP contribution in [0.4, 0.5) is 0 Å². The van der Waals surface area contributed by atoms with E-state index in [0.717, 1.165) is 0 Å². The van der Waals surface area contributed by atoms with Crippen LogP contribution >= 0.6 is 0 Å². The summed E-state index contributed by atoms with van der Waals surface area (Å²) in [4.78, 5) is 24.7. The first-order chi connectivity index (χ1) is 16.1. The normalized spacial score (nSPS) is 18.3. The van der Waals surface area contributed by atoms with Crippen LogP contribution in [-0.4, -0.2) is 50.6 Å². The summed E-state index contributed by atoms with van der Waals surface area (Å²) in [7, 11) is 0. The van der Waals surface area contributed by atoms with Crippen molar-refractivity contribution in [3.8, 4) is 23.0 Å². The summed E-state index contributed by atoms with van der Waals surface area (Å²) in [5.74, 6) is 0.177. The van der Waals surface area contributed by atoms with Gasteiger partial charge in [-0.1, -0.05) is 0 Å². The molecule has 1 aromatic heterocycles. The van der Waals surface area contributed by atoms with Crippen molar-refractivity contribution in [2.45, 2.75) is 12.2 Å². The lowest BCUT2D eigenvalue weighted by Crippen LogP contribution is -2.09. The summed E-state index contributed by atoms with van der Waals surface area (Å²) < 4.78 is 37.1. The summed E-state index contributed by atoms with van der Waals surface area (Å²) in [5.41, 5.74) is 0. The van der Waals surface area contributed by atoms with Crippen molar-refractivity contribution in [2.24, 2.45) is 0 Å². The van der Waals surface area contributed by atoms with E-state index in [2.05, 4.69) is 0 Å². The van der Waals surface area contributed by atoms with Gasteiger partial charge in [0.15, 0.2) is 0 Å². The molecule has 9 nitrogen and oxygen atoms in total. The van der Waals surface area contributed by atoms with Gasteiger partial charge >= 0.3 is 11.9 Å². The molecular formula is C24H20O9. The van der Waals surface area contributed by atoms with E-state index in [-0.39, 0.29) is 23.7 Å². The summed E-state index contributed by atoms with van der Waals surface area (Å²) in [5, 5.41) is 0. The Bertz CT molecular complexity index is 1020. The van der Waals surface area contributed by atoms with Crippen LogP contribution in [-0.2, 0) is 9.47 Å². The van der Waals surface area contributed by atoms with E-state index < -0.39 is 11.9 Å². The van der Waals surface area contributed by atoms with Gasteiger partial charge in [0.2, 0.25) is 11.5 Å². The number of carbonyl (C=O) groups is 2. The van der Waals surface area contributed by atoms with Gasteiger partial charge in [-0.15, -0.1) is 0 Å². The van der Waals surface area contributed by atoms with Gasteiger partial charge in [0.25, 0.3) is 0 Å². The van der Waals surface area contributed by atoms with Crippen LogP contribution in [0.2, 0.25) is 0 Å². The second-order valence-corrected chi connectivity index (χ2v) is 7.42. The molecule has 2 aliphatic rings. The number of hydrogen-bond donors (Lipinski definition) is 0. The van der Waals surface area contributed by atoms with Gasteiger partial charge in [0.05, 0.1) is 13.2 Å². The Morgan fingerprint density at radius 3 is 1.36 bits per heavy atom. The molecule has 0 aliphatic carbocycles. The number of carbonyl (C=O) groups excluding carboxylic acids is 2. The van der Waals surface area contributed by atoms with Gasteiger partial charge in [-0.2, -0.15) is 0 Å². The Morgan fingerprint density at radius 1 is 0.636 bits per heavy atom.